The van der Waals surface area contributed by atoms with Gasteiger partial charge >= 0.3 is 0 Å². The highest BCUT2D eigenvalue weighted by atomic mass is 16.5. The van der Waals surface area contributed by atoms with E-state index in [0.29, 0.717) is 11.5 Å². The summed E-state index contributed by atoms with van der Waals surface area (Å²) >= 11 is 0. The third kappa shape index (κ3) is 3.44. The van der Waals surface area contributed by atoms with E-state index in [1.165, 1.54) is 0 Å². The Balaban J connectivity index is 1.83. The first kappa shape index (κ1) is 15.8. The Hall–Kier alpha value is -3.12. The number of aromatic nitrogens is 1. The van der Waals surface area contributed by atoms with Crippen molar-refractivity contribution >= 4 is 16.8 Å². The second-order valence-electron chi connectivity index (χ2n) is 5.15. The zero-order valence-electron chi connectivity index (χ0n) is 13.0. The lowest BCUT2D eigenvalue weighted by Crippen LogP contribution is -2.20. The number of nitrogens with zero attached hydrogens (tertiary/aromatic N) is 1. The van der Waals surface area contributed by atoms with Gasteiger partial charge in [-0.3, -0.25) is 15.0 Å². The molecule has 0 aliphatic rings. The molecular formula is C18H16N2O4. The largest absolute Gasteiger partial charge is 0.497 e. The van der Waals surface area contributed by atoms with Gasteiger partial charge in [0.2, 0.25) is 5.91 Å². The predicted octanol–water partition coefficient (Wildman–Crippen LogP) is 3.08. The molecule has 1 aromatic heterocycles. The van der Waals surface area contributed by atoms with Gasteiger partial charge in [-0.05, 0) is 35.9 Å². The van der Waals surface area contributed by atoms with Crippen molar-refractivity contribution < 1.29 is 19.5 Å². The van der Waals surface area contributed by atoms with E-state index in [1.54, 1.807) is 49.1 Å². The van der Waals surface area contributed by atoms with Crippen molar-refractivity contribution in [3.05, 3.63) is 60.3 Å². The van der Waals surface area contributed by atoms with Gasteiger partial charge in [0, 0.05) is 17.6 Å². The van der Waals surface area contributed by atoms with Crippen LogP contribution < -0.4 is 15.0 Å². The fourth-order valence-corrected chi connectivity index (χ4v) is 2.34. The summed E-state index contributed by atoms with van der Waals surface area (Å²) in [6, 6.07) is 14.5. The molecule has 2 N–H and O–H groups in total. The summed E-state index contributed by atoms with van der Waals surface area (Å²) < 4.78 is 11.1. The first-order chi connectivity index (χ1) is 11.7. The molecule has 0 atom stereocenters. The Kier molecular flexibility index (Phi) is 4.58. The molecule has 0 saturated heterocycles. The number of carbonyl (C=O) groups excluding carboxylic acids is 1. The number of hydrogen-bond acceptors (Lipinski definition) is 5. The maximum atomic E-state index is 11.1. The van der Waals surface area contributed by atoms with Crippen LogP contribution in [0.25, 0.3) is 10.9 Å². The molecule has 0 bridgehead atoms. The summed E-state index contributed by atoms with van der Waals surface area (Å²) in [5.41, 5.74) is 3.17. The number of fused-ring (bicyclic) bond motifs is 1. The molecule has 0 saturated carbocycles. The third-order valence-corrected chi connectivity index (χ3v) is 3.55. The van der Waals surface area contributed by atoms with Crippen LogP contribution >= 0.6 is 0 Å². The number of methoxy groups -OCH3 is 1. The van der Waals surface area contributed by atoms with Crippen LogP contribution in [-0.2, 0) is 11.2 Å². The fourth-order valence-electron chi connectivity index (χ4n) is 2.34. The van der Waals surface area contributed by atoms with Crippen molar-refractivity contribution in [2.45, 2.75) is 6.42 Å². The van der Waals surface area contributed by atoms with Gasteiger partial charge in [0.1, 0.15) is 17.2 Å². The molecule has 6 nitrogen and oxygen atoms in total. The summed E-state index contributed by atoms with van der Waals surface area (Å²) in [6.45, 7) is 0. The van der Waals surface area contributed by atoms with Crippen molar-refractivity contribution in [3.63, 3.8) is 0 Å². The monoisotopic (exact) mass is 324 g/mol. The molecule has 0 aliphatic heterocycles. The summed E-state index contributed by atoms with van der Waals surface area (Å²) in [6.07, 6.45) is 1.78. The Morgan fingerprint density at radius 1 is 1.12 bits per heavy atom. The van der Waals surface area contributed by atoms with Crippen LogP contribution in [0.1, 0.15) is 5.56 Å². The maximum Gasteiger partial charge on any atom is 0.247 e. The maximum absolute atomic E-state index is 11.1. The molecule has 0 unspecified atom stereocenters. The molecule has 0 fully saturated rings. The van der Waals surface area contributed by atoms with Crippen LogP contribution in [-0.4, -0.2) is 23.2 Å². The quantitative estimate of drug-likeness (QED) is 0.557. The number of nitrogens with one attached hydrogen (secondary N) is 1. The number of carbonyl (C=O) groups is 1. The third-order valence-electron chi connectivity index (χ3n) is 3.55. The van der Waals surface area contributed by atoms with Gasteiger partial charge < -0.3 is 9.47 Å². The van der Waals surface area contributed by atoms with Crippen molar-refractivity contribution in [1.82, 2.24) is 10.5 Å². The lowest BCUT2D eigenvalue weighted by Gasteiger charge is -2.10. The topological polar surface area (TPSA) is 80.7 Å². The molecule has 0 radical (unpaired) electrons. The minimum absolute atomic E-state index is 0.106. The molecule has 3 rings (SSSR count). The van der Waals surface area contributed by atoms with Crippen molar-refractivity contribution in [2.24, 2.45) is 0 Å². The summed E-state index contributed by atoms with van der Waals surface area (Å²) in [4.78, 5) is 15.5. The average molecular weight is 324 g/mol. The van der Waals surface area contributed by atoms with E-state index in [0.717, 1.165) is 22.2 Å². The minimum atomic E-state index is -0.460. The molecule has 122 valence electrons. The second kappa shape index (κ2) is 6.97. The number of ether oxygens (including phenoxy) is 2. The highest BCUT2D eigenvalue weighted by Crippen LogP contribution is 2.30. The van der Waals surface area contributed by atoms with Gasteiger partial charge in [-0.15, -0.1) is 0 Å². The van der Waals surface area contributed by atoms with Crippen LogP contribution in [0.15, 0.2) is 54.7 Å². The molecule has 6 heteroatoms. The van der Waals surface area contributed by atoms with Crippen LogP contribution in [0.5, 0.6) is 17.2 Å². The SMILES string of the molecule is COc1ccc2c(Oc3ccc(CC(=O)NO)cc3)ccnc2c1. The zero-order valence-corrected chi connectivity index (χ0v) is 13.0. The molecule has 0 aliphatic carbocycles. The second-order valence-corrected chi connectivity index (χ2v) is 5.15. The number of benzene rings is 2. The zero-order chi connectivity index (χ0) is 16.9. The summed E-state index contributed by atoms with van der Waals surface area (Å²) in [5, 5.41) is 9.42. The van der Waals surface area contributed by atoms with E-state index < -0.39 is 5.91 Å². The molecule has 1 amide bonds. The predicted molar refractivity (Wildman–Crippen MR) is 88.4 cm³/mol. The van der Waals surface area contributed by atoms with Gasteiger partial charge in [-0.1, -0.05) is 12.1 Å². The fraction of sp³-hybridized carbons (Fsp3) is 0.111. The van der Waals surface area contributed by atoms with Gasteiger partial charge in [-0.2, -0.15) is 0 Å². The Morgan fingerprint density at radius 2 is 1.88 bits per heavy atom. The normalized spacial score (nSPS) is 10.4. The molecule has 1 heterocycles. The number of hydroxylamine groups is 1. The van der Waals surface area contributed by atoms with Gasteiger partial charge in [-0.25, -0.2) is 5.48 Å². The highest BCUT2D eigenvalue weighted by molar-refractivity contribution is 5.86. The number of hydrogen-bond donors (Lipinski definition) is 2. The van der Waals surface area contributed by atoms with E-state index in [4.69, 9.17) is 14.7 Å². The van der Waals surface area contributed by atoms with E-state index >= 15 is 0 Å². The first-order valence-electron chi connectivity index (χ1n) is 7.32. The van der Waals surface area contributed by atoms with Gasteiger partial charge in [0.05, 0.1) is 19.0 Å². The van der Waals surface area contributed by atoms with Crippen LogP contribution in [0.2, 0.25) is 0 Å². The lowest BCUT2D eigenvalue weighted by atomic mass is 10.1. The molecule has 2 aromatic carbocycles. The van der Waals surface area contributed by atoms with Gasteiger partial charge in [0.15, 0.2) is 0 Å². The van der Waals surface area contributed by atoms with Crippen molar-refractivity contribution in [3.8, 4) is 17.2 Å². The Labute approximate surface area is 138 Å². The Bertz CT molecular complexity index is 863. The summed E-state index contributed by atoms with van der Waals surface area (Å²) in [5.74, 6) is 1.60. The van der Waals surface area contributed by atoms with Crippen LogP contribution in [0, 0.1) is 0 Å². The van der Waals surface area contributed by atoms with Crippen LogP contribution in [0.4, 0.5) is 0 Å². The van der Waals surface area contributed by atoms with E-state index in [-0.39, 0.29) is 6.42 Å². The van der Waals surface area contributed by atoms with E-state index in [2.05, 4.69) is 4.98 Å². The van der Waals surface area contributed by atoms with Crippen molar-refractivity contribution in [2.75, 3.05) is 7.11 Å². The lowest BCUT2D eigenvalue weighted by molar-refractivity contribution is -0.128. The van der Waals surface area contributed by atoms with Gasteiger partial charge in [0.25, 0.3) is 0 Å². The highest BCUT2D eigenvalue weighted by Gasteiger charge is 2.07. The standard InChI is InChI=1S/C18H16N2O4/c1-23-14-6-7-15-16(11-14)19-9-8-17(15)24-13-4-2-12(3-5-13)10-18(21)20-22/h2-9,11,22H,10H2,1H3,(H,20,21). The summed E-state index contributed by atoms with van der Waals surface area (Å²) in [7, 11) is 1.61. The number of pyridine rings is 1. The minimum Gasteiger partial charge on any atom is -0.497 e. The average Bonchev–Trinajstić information content (AvgIpc) is 2.63. The van der Waals surface area contributed by atoms with Crippen molar-refractivity contribution in [1.29, 1.82) is 0 Å². The smallest absolute Gasteiger partial charge is 0.247 e. The molecule has 3 aromatic rings. The van der Waals surface area contributed by atoms with E-state index in [1.807, 2.05) is 18.2 Å². The molecule has 0 spiro atoms. The Morgan fingerprint density at radius 3 is 2.58 bits per heavy atom. The molecule has 24 heavy (non-hydrogen) atoms. The van der Waals surface area contributed by atoms with E-state index in [9.17, 15) is 4.79 Å². The number of amides is 1. The number of rotatable bonds is 5. The van der Waals surface area contributed by atoms with Crippen LogP contribution in [0.3, 0.4) is 0 Å². The first-order valence-corrected chi connectivity index (χ1v) is 7.32. The molecular weight excluding hydrogens is 308 g/mol.